The molecule has 0 aliphatic carbocycles. The first-order valence-electron chi connectivity index (χ1n) is 10.6. The number of anilines is 3. The molecule has 164 valence electrons. The molecule has 10 heteroatoms. The zero-order valence-corrected chi connectivity index (χ0v) is 17.9. The van der Waals surface area contributed by atoms with Crippen molar-refractivity contribution in [3.8, 4) is 11.3 Å². The van der Waals surface area contributed by atoms with Gasteiger partial charge in [-0.25, -0.2) is 19.7 Å². The summed E-state index contributed by atoms with van der Waals surface area (Å²) in [4.78, 5) is 42.6. The van der Waals surface area contributed by atoms with Gasteiger partial charge in [0.1, 0.15) is 11.5 Å². The van der Waals surface area contributed by atoms with Crippen LogP contribution in [0.5, 0.6) is 0 Å². The number of aryl methyl sites for hydroxylation is 1. The van der Waals surface area contributed by atoms with Crippen molar-refractivity contribution < 1.29 is 9.59 Å². The average molecular weight is 432 g/mol. The van der Waals surface area contributed by atoms with Gasteiger partial charge in [0.2, 0.25) is 0 Å². The van der Waals surface area contributed by atoms with Gasteiger partial charge in [-0.1, -0.05) is 0 Å². The fourth-order valence-corrected chi connectivity index (χ4v) is 4.31. The van der Waals surface area contributed by atoms with E-state index in [9.17, 15) is 9.59 Å². The lowest BCUT2D eigenvalue weighted by atomic mass is 10.1. The van der Waals surface area contributed by atoms with Crippen LogP contribution in [0.25, 0.3) is 11.3 Å². The summed E-state index contributed by atoms with van der Waals surface area (Å²) >= 11 is 0. The van der Waals surface area contributed by atoms with Crippen LogP contribution >= 0.6 is 0 Å². The first kappa shape index (κ1) is 20.0. The lowest BCUT2D eigenvalue weighted by Crippen LogP contribution is -2.48. The summed E-state index contributed by atoms with van der Waals surface area (Å²) in [5.74, 6) is 0.687. The number of nitrogens with zero attached hydrogens (tertiary/aromatic N) is 6. The zero-order valence-electron chi connectivity index (χ0n) is 17.9. The summed E-state index contributed by atoms with van der Waals surface area (Å²) in [7, 11) is 1.91. The minimum atomic E-state index is -0.312. The second kappa shape index (κ2) is 7.95. The van der Waals surface area contributed by atoms with Crippen LogP contribution in [-0.4, -0.2) is 57.1 Å². The van der Waals surface area contributed by atoms with Crippen LogP contribution < -0.4 is 20.4 Å². The summed E-state index contributed by atoms with van der Waals surface area (Å²) in [6.45, 7) is 3.95. The van der Waals surface area contributed by atoms with E-state index >= 15 is 0 Å². The quantitative estimate of drug-likeness (QED) is 0.655. The summed E-state index contributed by atoms with van der Waals surface area (Å²) < 4.78 is 1.90. The summed E-state index contributed by atoms with van der Waals surface area (Å²) in [6, 6.07) is 6.94. The maximum Gasteiger partial charge on any atom is 0.329 e. The zero-order chi connectivity index (χ0) is 22.2. The summed E-state index contributed by atoms with van der Waals surface area (Å²) in [5, 5.41) is 5.68. The van der Waals surface area contributed by atoms with Crippen LogP contribution in [0, 0.1) is 0 Å². The molecule has 2 bridgehead atoms. The molecule has 0 radical (unpaired) electrons. The molecule has 3 aromatic heterocycles. The molecule has 2 aliphatic heterocycles. The number of rotatable bonds is 4. The Bertz CT molecular complexity index is 1190. The van der Waals surface area contributed by atoms with E-state index in [4.69, 9.17) is 0 Å². The molecule has 1 fully saturated rings. The van der Waals surface area contributed by atoms with Crippen molar-refractivity contribution >= 4 is 29.3 Å². The van der Waals surface area contributed by atoms with Crippen LogP contribution in [-0.2, 0) is 7.05 Å². The summed E-state index contributed by atoms with van der Waals surface area (Å²) in [5.41, 5.74) is 2.98. The minimum absolute atomic E-state index is 0.0141. The van der Waals surface area contributed by atoms with Crippen molar-refractivity contribution in [3.63, 3.8) is 0 Å². The number of amides is 3. The van der Waals surface area contributed by atoms with Gasteiger partial charge >= 0.3 is 6.03 Å². The molecular formula is C22H24N8O2. The Morgan fingerprint density at radius 1 is 1.25 bits per heavy atom. The van der Waals surface area contributed by atoms with Gasteiger partial charge in [0, 0.05) is 38.4 Å². The normalized spacial score (nSPS) is 16.6. The molecular weight excluding hydrogens is 408 g/mol. The molecule has 32 heavy (non-hydrogen) atoms. The van der Waals surface area contributed by atoms with Crippen molar-refractivity contribution in [3.05, 3.63) is 48.7 Å². The van der Waals surface area contributed by atoms with Crippen LogP contribution in [0.3, 0.4) is 0 Å². The van der Waals surface area contributed by atoms with E-state index in [-0.39, 0.29) is 18.0 Å². The van der Waals surface area contributed by atoms with E-state index in [0.29, 0.717) is 23.9 Å². The SMILES string of the molecule is CCNC(=O)c1ccc2c(n1)N(C(=O)Nc1cc(-c3cncn3C)ccn1)C1CCN2C1. The highest BCUT2D eigenvalue weighted by Crippen LogP contribution is 2.39. The third-order valence-corrected chi connectivity index (χ3v) is 5.85. The highest BCUT2D eigenvalue weighted by Gasteiger charge is 2.40. The first-order chi connectivity index (χ1) is 15.5. The fraction of sp³-hybridized carbons (Fsp3) is 0.318. The van der Waals surface area contributed by atoms with E-state index in [0.717, 1.165) is 36.5 Å². The highest BCUT2D eigenvalue weighted by molar-refractivity contribution is 6.05. The van der Waals surface area contributed by atoms with Crippen molar-refractivity contribution in [2.45, 2.75) is 19.4 Å². The molecule has 5 heterocycles. The maximum absolute atomic E-state index is 13.4. The fourth-order valence-electron chi connectivity index (χ4n) is 4.31. The maximum atomic E-state index is 13.4. The van der Waals surface area contributed by atoms with E-state index in [1.165, 1.54) is 0 Å². The lowest BCUT2D eigenvalue weighted by Gasteiger charge is -2.35. The van der Waals surface area contributed by atoms with Gasteiger partial charge in [-0.3, -0.25) is 15.0 Å². The van der Waals surface area contributed by atoms with Gasteiger partial charge in [0.25, 0.3) is 5.91 Å². The molecule has 5 rings (SSSR count). The number of hydrogen-bond acceptors (Lipinski definition) is 6. The molecule has 1 saturated heterocycles. The van der Waals surface area contributed by atoms with Gasteiger partial charge in [0.15, 0.2) is 5.82 Å². The minimum Gasteiger partial charge on any atom is -0.366 e. The van der Waals surface area contributed by atoms with Gasteiger partial charge in [-0.05, 0) is 37.6 Å². The second-order valence-corrected chi connectivity index (χ2v) is 7.91. The Hall–Kier alpha value is -3.95. The molecule has 1 atom stereocenters. The Balaban J connectivity index is 1.45. The number of nitrogens with one attached hydrogen (secondary N) is 2. The molecule has 3 aromatic rings. The summed E-state index contributed by atoms with van der Waals surface area (Å²) in [6.07, 6.45) is 5.98. The van der Waals surface area contributed by atoms with E-state index in [2.05, 4.69) is 30.5 Å². The topological polar surface area (TPSA) is 108 Å². The molecule has 1 unspecified atom stereocenters. The Morgan fingerprint density at radius 3 is 2.91 bits per heavy atom. The molecule has 2 aliphatic rings. The van der Waals surface area contributed by atoms with Crippen LogP contribution in [0.2, 0.25) is 0 Å². The predicted molar refractivity (Wildman–Crippen MR) is 121 cm³/mol. The van der Waals surface area contributed by atoms with Gasteiger partial charge in [-0.2, -0.15) is 0 Å². The molecule has 0 saturated carbocycles. The number of fused-ring (bicyclic) bond motifs is 4. The standard InChI is InChI=1S/C22H24N8O2/c1-3-24-21(31)16-4-5-17-20(26-16)30(15-7-9-29(17)12-15)22(32)27-19-10-14(6-8-25-19)18-11-23-13-28(18)2/h4-6,8,10-11,13,15H,3,7,9,12H2,1-2H3,(H,24,31)(H,25,27,32). The van der Waals surface area contributed by atoms with Crippen LogP contribution in [0.15, 0.2) is 43.0 Å². The van der Waals surface area contributed by atoms with E-state index < -0.39 is 0 Å². The third kappa shape index (κ3) is 3.43. The number of hydrogen-bond donors (Lipinski definition) is 2. The van der Waals surface area contributed by atoms with Crippen LogP contribution in [0.4, 0.5) is 22.1 Å². The molecule has 0 aromatic carbocycles. The monoisotopic (exact) mass is 432 g/mol. The highest BCUT2D eigenvalue weighted by atomic mass is 16.2. The molecule has 0 spiro atoms. The Kier molecular flexibility index (Phi) is 4.96. The second-order valence-electron chi connectivity index (χ2n) is 7.91. The van der Waals surface area contributed by atoms with Crippen molar-refractivity contribution in [2.75, 3.05) is 34.8 Å². The van der Waals surface area contributed by atoms with Gasteiger partial charge in [-0.15, -0.1) is 0 Å². The van der Waals surface area contributed by atoms with Crippen LogP contribution in [0.1, 0.15) is 23.8 Å². The first-order valence-corrected chi connectivity index (χ1v) is 10.6. The van der Waals surface area contributed by atoms with E-state index in [1.54, 1.807) is 29.7 Å². The van der Waals surface area contributed by atoms with Crippen molar-refractivity contribution in [1.29, 1.82) is 0 Å². The van der Waals surface area contributed by atoms with Gasteiger partial charge in [0.05, 0.1) is 29.9 Å². The lowest BCUT2D eigenvalue weighted by molar-refractivity contribution is 0.0951. The number of imidazole rings is 1. The number of aromatic nitrogens is 4. The van der Waals surface area contributed by atoms with Crippen molar-refractivity contribution in [2.24, 2.45) is 7.05 Å². The number of carbonyl (C=O) groups is 2. The number of urea groups is 1. The Morgan fingerprint density at radius 2 is 2.12 bits per heavy atom. The molecule has 2 N–H and O–H groups in total. The number of carbonyl (C=O) groups excluding carboxylic acids is 2. The smallest absolute Gasteiger partial charge is 0.329 e. The predicted octanol–water partition coefficient (Wildman–Crippen LogP) is 2.26. The largest absolute Gasteiger partial charge is 0.366 e. The van der Waals surface area contributed by atoms with E-state index in [1.807, 2.05) is 36.7 Å². The number of pyridine rings is 2. The average Bonchev–Trinajstić information content (AvgIpc) is 3.41. The van der Waals surface area contributed by atoms with Crippen molar-refractivity contribution in [1.82, 2.24) is 24.8 Å². The Labute approximate surface area is 185 Å². The molecule has 3 amide bonds. The van der Waals surface area contributed by atoms with Gasteiger partial charge < -0.3 is 14.8 Å². The molecule has 10 nitrogen and oxygen atoms in total. The third-order valence-electron chi connectivity index (χ3n) is 5.85.